The van der Waals surface area contributed by atoms with Gasteiger partial charge in [0, 0.05) is 17.8 Å². The first-order valence-corrected chi connectivity index (χ1v) is 13.6. The summed E-state index contributed by atoms with van der Waals surface area (Å²) in [6.45, 7) is 2.53. The van der Waals surface area contributed by atoms with E-state index in [0.717, 1.165) is 5.56 Å². The van der Waals surface area contributed by atoms with Crippen molar-refractivity contribution in [2.24, 2.45) is 0 Å². The van der Waals surface area contributed by atoms with E-state index in [4.69, 9.17) is 9.57 Å². The van der Waals surface area contributed by atoms with Gasteiger partial charge >= 0.3 is 5.97 Å². The summed E-state index contributed by atoms with van der Waals surface area (Å²) in [6.07, 6.45) is 0. The molecule has 11 heteroatoms. The van der Waals surface area contributed by atoms with Crippen LogP contribution < -0.4 is 15.5 Å². The van der Waals surface area contributed by atoms with Crippen LogP contribution in [-0.2, 0) is 24.4 Å². The predicted molar refractivity (Wildman–Crippen MR) is 149 cm³/mol. The van der Waals surface area contributed by atoms with Crippen LogP contribution in [0.2, 0.25) is 0 Å². The highest BCUT2D eigenvalue weighted by Crippen LogP contribution is 2.39. The molecule has 1 aliphatic heterocycles. The number of nitrogens with zero attached hydrogens (tertiary/aromatic N) is 1. The summed E-state index contributed by atoms with van der Waals surface area (Å²) in [7, 11) is 1.15. The molecule has 1 amide bonds. The quantitative estimate of drug-likeness (QED) is 0.152. The third-order valence-electron chi connectivity index (χ3n) is 6.07. The van der Waals surface area contributed by atoms with Gasteiger partial charge in [0.2, 0.25) is 0 Å². The fourth-order valence-electron chi connectivity index (χ4n) is 4.04. The van der Waals surface area contributed by atoms with Gasteiger partial charge in [-0.3, -0.25) is 9.63 Å². The normalized spacial score (nSPS) is 14.1. The lowest BCUT2D eigenvalue weighted by molar-refractivity contribution is -0.110. The topological polar surface area (TPSA) is 126 Å². The number of sulfonamides is 1. The first-order chi connectivity index (χ1) is 18.6. The number of amides is 1. The van der Waals surface area contributed by atoms with Crippen LogP contribution >= 0.6 is 0 Å². The molecule has 1 heterocycles. The van der Waals surface area contributed by atoms with Crippen molar-refractivity contribution in [3.8, 4) is 0 Å². The molecular weight excluding hydrogens is 520 g/mol. The van der Waals surface area contributed by atoms with Crippen molar-refractivity contribution in [2.75, 3.05) is 45.0 Å². The van der Waals surface area contributed by atoms with Crippen molar-refractivity contribution in [3.05, 3.63) is 89.0 Å². The summed E-state index contributed by atoms with van der Waals surface area (Å²) in [5.41, 5.74) is 4.39. The zero-order chi connectivity index (χ0) is 28.2. The maximum absolute atomic E-state index is 13.2. The summed E-state index contributed by atoms with van der Waals surface area (Å²) < 4.78 is 30.0. The van der Waals surface area contributed by atoms with Crippen molar-refractivity contribution < 1.29 is 27.6 Å². The molecule has 0 atom stereocenters. The number of esters is 1. The molecule has 4 rings (SSSR count). The van der Waals surface area contributed by atoms with Crippen LogP contribution in [0.1, 0.15) is 27.0 Å². The second kappa shape index (κ2) is 11.8. The lowest BCUT2D eigenvalue weighted by Crippen LogP contribution is -2.28. The monoisotopic (exact) mass is 550 g/mol. The van der Waals surface area contributed by atoms with Gasteiger partial charge < -0.3 is 20.3 Å². The van der Waals surface area contributed by atoms with Gasteiger partial charge in [-0.25, -0.2) is 13.2 Å². The Morgan fingerprint density at radius 3 is 2.36 bits per heavy atom. The van der Waals surface area contributed by atoms with E-state index in [2.05, 4.69) is 15.5 Å². The molecule has 3 N–H and O–H groups in total. The minimum absolute atomic E-state index is 0.0294. The van der Waals surface area contributed by atoms with Crippen LogP contribution in [0.3, 0.4) is 0 Å². The van der Waals surface area contributed by atoms with Gasteiger partial charge in [-0.2, -0.15) is 0 Å². The van der Waals surface area contributed by atoms with E-state index in [1.54, 1.807) is 31.2 Å². The number of nitrogens with one attached hydrogen (secondary N) is 3. The molecule has 0 radical (unpaired) electrons. The molecule has 0 spiro atoms. The number of rotatable bonds is 10. The zero-order valence-electron chi connectivity index (χ0n) is 22.1. The van der Waals surface area contributed by atoms with Crippen LogP contribution in [0.5, 0.6) is 0 Å². The molecule has 3 aromatic rings. The average Bonchev–Trinajstić information content (AvgIpc) is 3.23. The van der Waals surface area contributed by atoms with E-state index in [-0.39, 0.29) is 17.4 Å². The van der Waals surface area contributed by atoms with E-state index >= 15 is 0 Å². The molecule has 0 aliphatic carbocycles. The summed E-state index contributed by atoms with van der Waals surface area (Å²) in [5, 5.41) is 6.14. The van der Waals surface area contributed by atoms with Crippen LogP contribution in [-0.4, -0.2) is 59.6 Å². The maximum atomic E-state index is 13.2. The Morgan fingerprint density at radius 2 is 1.72 bits per heavy atom. The summed E-state index contributed by atoms with van der Waals surface area (Å²) in [5.74, 6) is -0.827. The fraction of sp³-hybridized carbons (Fsp3) is 0.214. The Morgan fingerprint density at radius 1 is 1.03 bits per heavy atom. The number of fused-ring (bicyclic) bond motifs is 1. The smallest absolute Gasteiger partial charge is 0.338 e. The molecule has 10 nitrogen and oxygen atoms in total. The van der Waals surface area contributed by atoms with Gasteiger partial charge in [0.1, 0.15) is 0 Å². The number of ether oxygens (including phenoxy) is 1. The molecule has 0 saturated carbocycles. The Labute approximate surface area is 227 Å². The number of carbonyl (C=O) groups excluding carboxylic acids is 2. The molecule has 0 fully saturated rings. The van der Waals surface area contributed by atoms with Gasteiger partial charge in [-0.1, -0.05) is 35.2 Å². The zero-order valence-corrected chi connectivity index (χ0v) is 22.9. The first kappa shape index (κ1) is 28.0. The van der Waals surface area contributed by atoms with Crippen molar-refractivity contribution in [1.29, 1.82) is 0 Å². The lowest BCUT2D eigenvalue weighted by atomic mass is 9.96. The summed E-state index contributed by atoms with van der Waals surface area (Å²) in [6, 6.07) is 18.8. The molecule has 1 aliphatic rings. The van der Waals surface area contributed by atoms with Gasteiger partial charge in [-0.05, 0) is 68.5 Å². The SMILES string of the molecule is COC(=O)c1cc2c(cc1C)/C(=C(/Nc1ccc(S(=O)(=O)NOCCN(C)C)cc1)c1ccccc1)C(=O)N2. The first-order valence-electron chi connectivity index (χ1n) is 12.1. The van der Waals surface area contributed by atoms with Crippen LogP contribution in [0.15, 0.2) is 71.6 Å². The highest BCUT2D eigenvalue weighted by Gasteiger charge is 2.30. The molecule has 204 valence electrons. The van der Waals surface area contributed by atoms with E-state index < -0.39 is 16.0 Å². The Hall–Kier alpha value is -4.03. The second-order valence-electron chi connectivity index (χ2n) is 9.16. The van der Waals surface area contributed by atoms with Gasteiger partial charge in [0.25, 0.3) is 15.9 Å². The van der Waals surface area contributed by atoms with Crippen molar-refractivity contribution in [3.63, 3.8) is 0 Å². The highest BCUT2D eigenvalue weighted by molar-refractivity contribution is 7.89. The minimum Gasteiger partial charge on any atom is -0.465 e. The molecule has 0 unspecified atom stereocenters. The Kier molecular flexibility index (Phi) is 8.46. The molecule has 0 bridgehead atoms. The number of anilines is 2. The largest absolute Gasteiger partial charge is 0.465 e. The van der Waals surface area contributed by atoms with E-state index in [1.807, 2.05) is 49.3 Å². The van der Waals surface area contributed by atoms with Crippen LogP contribution in [0, 0.1) is 6.92 Å². The van der Waals surface area contributed by atoms with Crippen LogP contribution in [0.25, 0.3) is 11.3 Å². The third-order valence-corrected chi connectivity index (χ3v) is 7.30. The van der Waals surface area contributed by atoms with E-state index in [0.29, 0.717) is 45.9 Å². The molecule has 3 aromatic carbocycles. The number of hydrogen-bond donors (Lipinski definition) is 3. The van der Waals surface area contributed by atoms with Gasteiger partial charge in [-0.15, -0.1) is 0 Å². The van der Waals surface area contributed by atoms with Crippen molar-refractivity contribution in [1.82, 2.24) is 9.79 Å². The number of carbonyl (C=O) groups is 2. The Bertz CT molecular complexity index is 1520. The fourth-order valence-corrected chi connectivity index (χ4v) is 4.87. The molecular formula is C28H30N4O6S. The lowest BCUT2D eigenvalue weighted by Gasteiger charge is -2.16. The standard InChI is InChI=1S/C28H30N4O6S/c1-18-16-23-24(17-22(18)28(34)37-4)30-27(33)25(23)26(19-8-6-5-7-9-19)29-20-10-12-21(13-11-20)39(35,36)31-38-15-14-32(2)3/h5-13,16-17,29,31H,14-15H2,1-4H3,(H,30,33)/b26-25-. The van der Waals surface area contributed by atoms with E-state index in [1.165, 1.54) is 19.2 Å². The van der Waals surface area contributed by atoms with Crippen molar-refractivity contribution in [2.45, 2.75) is 11.8 Å². The third kappa shape index (κ3) is 6.35. The predicted octanol–water partition coefficient (Wildman–Crippen LogP) is 3.49. The number of methoxy groups -OCH3 is 1. The van der Waals surface area contributed by atoms with Crippen molar-refractivity contribution >= 4 is 44.5 Å². The van der Waals surface area contributed by atoms with Gasteiger partial charge in [0.15, 0.2) is 0 Å². The van der Waals surface area contributed by atoms with Crippen LogP contribution in [0.4, 0.5) is 11.4 Å². The minimum atomic E-state index is -3.87. The highest BCUT2D eigenvalue weighted by atomic mass is 32.2. The summed E-state index contributed by atoms with van der Waals surface area (Å²) >= 11 is 0. The number of hydrogen-bond acceptors (Lipinski definition) is 8. The average molecular weight is 551 g/mol. The number of benzene rings is 3. The Balaban J connectivity index is 1.68. The molecule has 0 saturated heterocycles. The number of likely N-dealkylation sites (N-methyl/N-ethyl adjacent to an activating group) is 1. The summed E-state index contributed by atoms with van der Waals surface area (Å²) in [4.78, 5) is 34.5. The maximum Gasteiger partial charge on any atom is 0.338 e. The van der Waals surface area contributed by atoms with E-state index in [9.17, 15) is 18.0 Å². The van der Waals surface area contributed by atoms with Gasteiger partial charge in [0.05, 0.1) is 41.1 Å². The molecule has 39 heavy (non-hydrogen) atoms. The second-order valence-corrected chi connectivity index (χ2v) is 10.8. The number of aryl methyl sites for hydroxylation is 1. The molecule has 0 aromatic heterocycles.